The fourth-order valence-electron chi connectivity index (χ4n) is 2.12. The molecule has 1 heterocycles. The number of carboxylic acid groups (broad SMARTS) is 1. The van der Waals surface area contributed by atoms with E-state index in [2.05, 4.69) is 5.32 Å². The molecule has 0 radical (unpaired) electrons. The second kappa shape index (κ2) is 6.54. The van der Waals surface area contributed by atoms with Crippen molar-refractivity contribution in [1.82, 2.24) is 5.32 Å². The molecule has 0 fully saturated rings. The molecule has 2 aromatic rings. The van der Waals surface area contributed by atoms with Gasteiger partial charge >= 0.3 is 5.97 Å². The van der Waals surface area contributed by atoms with Crippen molar-refractivity contribution in [1.29, 1.82) is 0 Å². The van der Waals surface area contributed by atoms with Crippen LogP contribution in [-0.4, -0.2) is 17.0 Å². The number of carbonyl (C=O) groups excluding carboxylic acids is 1. The summed E-state index contributed by atoms with van der Waals surface area (Å²) in [7, 11) is 0. The van der Waals surface area contributed by atoms with E-state index in [0.29, 0.717) is 13.0 Å². The van der Waals surface area contributed by atoms with Crippen LogP contribution in [0.2, 0.25) is 0 Å². The van der Waals surface area contributed by atoms with Gasteiger partial charge < -0.3 is 10.4 Å². The Kier molecular flexibility index (Phi) is 4.75. The third-order valence-electron chi connectivity index (χ3n) is 3.31. The molecule has 2 rings (SSSR count). The summed E-state index contributed by atoms with van der Waals surface area (Å²) in [4.78, 5) is 23.9. The lowest BCUT2D eigenvalue weighted by molar-refractivity contribution is -0.120. The van der Waals surface area contributed by atoms with Gasteiger partial charge in [-0.1, -0.05) is 18.2 Å². The number of nitrogens with one attached hydrogen (secondary N) is 1. The van der Waals surface area contributed by atoms with Crippen LogP contribution in [0.5, 0.6) is 0 Å². The molecule has 0 bridgehead atoms. The molecule has 0 saturated carbocycles. The van der Waals surface area contributed by atoms with Gasteiger partial charge in [-0.05, 0) is 42.7 Å². The van der Waals surface area contributed by atoms with Gasteiger partial charge in [-0.3, -0.25) is 4.79 Å². The van der Waals surface area contributed by atoms with Crippen LogP contribution in [0.4, 0.5) is 0 Å². The highest BCUT2D eigenvalue weighted by Gasteiger charge is 2.10. The largest absolute Gasteiger partial charge is 0.477 e. The molecule has 0 aliphatic heterocycles. The highest BCUT2D eigenvalue weighted by Crippen LogP contribution is 2.17. The van der Waals surface area contributed by atoms with E-state index in [9.17, 15) is 9.59 Å². The summed E-state index contributed by atoms with van der Waals surface area (Å²) < 4.78 is 0. The molecule has 2 N–H and O–H groups in total. The summed E-state index contributed by atoms with van der Waals surface area (Å²) >= 11 is 1.18. The Hall–Kier alpha value is -2.14. The molecule has 0 atom stereocenters. The number of thiophene rings is 1. The first-order chi connectivity index (χ1) is 9.97. The topological polar surface area (TPSA) is 66.4 Å². The smallest absolute Gasteiger partial charge is 0.345 e. The zero-order chi connectivity index (χ0) is 15.4. The fourth-order valence-corrected chi connectivity index (χ4v) is 2.91. The van der Waals surface area contributed by atoms with Gasteiger partial charge in [0.25, 0.3) is 0 Å². The van der Waals surface area contributed by atoms with Crippen LogP contribution in [0, 0.1) is 13.8 Å². The maximum atomic E-state index is 12.0. The predicted molar refractivity (Wildman–Crippen MR) is 82.7 cm³/mol. The van der Waals surface area contributed by atoms with Gasteiger partial charge in [0.2, 0.25) is 5.91 Å². The Morgan fingerprint density at radius 1 is 1.14 bits per heavy atom. The number of benzene rings is 1. The van der Waals surface area contributed by atoms with Crippen LogP contribution in [0.1, 0.15) is 31.2 Å². The van der Waals surface area contributed by atoms with Crippen molar-refractivity contribution in [2.24, 2.45) is 0 Å². The van der Waals surface area contributed by atoms with Crippen LogP contribution in [0.25, 0.3) is 0 Å². The maximum Gasteiger partial charge on any atom is 0.345 e. The number of aromatic carboxylic acids is 1. The van der Waals surface area contributed by atoms with Crippen molar-refractivity contribution < 1.29 is 14.7 Å². The number of rotatable bonds is 5. The third-order valence-corrected chi connectivity index (χ3v) is 4.39. The summed E-state index contributed by atoms with van der Waals surface area (Å²) in [5, 5.41) is 11.7. The normalized spacial score (nSPS) is 10.4. The third kappa shape index (κ3) is 3.92. The average Bonchev–Trinajstić information content (AvgIpc) is 2.90. The minimum absolute atomic E-state index is 0.0577. The molecule has 0 aliphatic carbocycles. The molecule has 5 heteroatoms. The molecule has 110 valence electrons. The van der Waals surface area contributed by atoms with E-state index in [4.69, 9.17) is 5.11 Å². The number of carboxylic acids is 1. The fraction of sp³-hybridized carbons (Fsp3) is 0.250. The molecular weight excluding hydrogens is 286 g/mol. The van der Waals surface area contributed by atoms with Gasteiger partial charge in [-0.15, -0.1) is 11.3 Å². The van der Waals surface area contributed by atoms with Crippen molar-refractivity contribution in [3.05, 3.63) is 56.8 Å². The molecule has 1 amide bonds. The highest BCUT2D eigenvalue weighted by atomic mass is 32.1. The summed E-state index contributed by atoms with van der Waals surface area (Å²) in [5.74, 6) is -0.995. The van der Waals surface area contributed by atoms with E-state index in [-0.39, 0.29) is 10.8 Å². The molecule has 0 saturated heterocycles. The van der Waals surface area contributed by atoms with Gasteiger partial charge in [-0.25, -0.2) is 4.79 Å². The zero-order valence-corrected chi connectivity index (χ0v) is 12.8. The van der Waals surface area contributed by atoms with E-state index in [0.717, 1.165) is 21.6 Å². The van der Waals surface area contributed by atoms with Crippen LogP contribution < -0.4 is 5.32 Å². The quantitative estimate of drug-likeness (QED) is 0.892. The summed E-state index contributed by atoms with van der Waals surface area (Å²) in [5.41, 5.74) is 3.26. The number of aryl methyl sites for hydroxylation is 2. The number of hydrogen-bond acceptors (Lipinski definition) is 3. The van der Waals surface area contributed by atoms with Crippen molar-refractivity contribution in [2.45, 2.75) is 26.8 Å². The van der Waals surface area contributed by atoms with Gasteiger partial charge in [0.05, 0.1) is 13.0 Å². The molecule has 1 aromatic carbocycles. The van der Waals surface area contributed by atoms with E-state index < -0.39 is 5.97 Å². The lowest BCUT2D eigenvalue weighted by Crippen LogP contribution is -2.24. The second-order valence-electron chi connectivity index (χ2n) is 4.89. The standard InChI is InChI=1S/C16H17NO3S/c1-10-4-3-5-11(2)13(10)8-15(18)17-9-12-6-7-14(21-12)16(19)20/h3-7H,8-9H2,1-2H3,(H,17,18)(H,19,20). The number of hydrogen-bond donors (Lipinski definition) is 2. The second-order valence-corrected chi connectivity index (χ2v) is 6.06. The Balaban J connectivity index is 1.94. The Bertz CT molecular complexity index is 656. The number of amides is 1. The maximum absolute atomic E-state index is 12.0. The molecule has 21 heavy (non-hydrogen) atoms. The molecule has 0 spiro atoms. The van der Waals surface area contributed by atoms with Crippen LogP contribution in [0.15, 0.2) is 30.3 Å². The Morgan fingerprint density at radius 3 is 2.38 bits per heavy atom. The minimum Gasteiger partial charge on any atom is -0.477 e. The average molecular weight is 303 g/mol. The van der Waals surface area contributed by atoms with Crippen LogP contribution in [0.3, 0.4) is 0 Å². The van der Waals surface area contributed by atoms with Crippen LogP contribution >= 0.6 is 11.3 Å². The van der Waals surface area contributed by atoms with Crippen molar-refractivity contribution in [3.8, 4) is 0 Å². The molecule has 0 aliphatic rings. The van der Waals surface area contributed by atoms with Crippen molar-refractivity contribution in [3.63, 3.8) is 0 Å². The monoisotopic (exact) mass is 303 g/mol. The molecular formula is C16H17NO3S. The van der Waals surface area contributed by atoms with Gasteiger partial charge in [0.1, 0.15) is 4.88 Å². The van der Waals surface area contributed by atoms with Crippen molar-refractivity contribution >= 4 is 23.2 Å². The van der Waals surface area contributed by atoms with Crippen molar-refractivity contribution in [2.75, 3.05) is 0 Å². The van der Waals surface area contributed by atoms with Crippen LogP contribution in [-0.2, 0) is 17.8 Å². The molecule has 4 nitrogen and oxygen atoms in total. The Morgan fingerprint density at radius 2 is 1.81 bits per heavy atom. The summed E-state index contributed by atoms with van der Waals surface area (Å²) in [6, 6.07) is 9.25. The zero-order valence-electron chi connectivity index (χ0n) is 12.0. The number of carbonyl (C=O) groups is 2. The minimum atomic E-state index is -0.937. The van der Waals surface area contributed by atoms with E-state index in [1.54, 1.807) is 12.1 Å². The SMILES string of the molecule is Cc1cccc(C)c1CC(=O)NCc1ccc(C(=O)O)s1. The van der Waals surface area contributed by atoms with Gasteiger partial charge in [0.15, 0.2) is 0 Å². The first kappa shape index (κ1) is 15.3. The summed E-state index contributed by atoms with van der Waals surface area (Å²) in [6.07, 6.45) is 0.343. The summed E-state index contributed by atoms with van der Waals surface area (Å²) in [6.45, 7) is 4.35. The molecule has 1 aromatic heterocycles. The van der Waals surface area contributed by atoms with Gasteiger partial charge in [0, 0.05) is 4.88 Å². The predicted octanol–water partition coefficient (Wildman–Crippen LogP) is 2.92. The molecule has 0 unspecified atom stereocenters. The lowest BCUT2D eigenvalue weighted by atomic mass is 10.00. The van der Waals surface area contributed by atoms with Gasteiger partial charge in [-0.2, -0.15) is 0 Å². The first-order valence-corrected chi connectivity index (χ1v) is 7.43. The Labute approximate surface area is 127 Å². The highest BCUT2D eigenvalue weighted by molar-refractivity contribution is 7.13. The lowest BCUT2D eigenvalue weighted by Gasteiger charge is -2.09. The van der Waals surface area contributed by atoms with E-state index in [1.807, 2.05) is 32.0 Å². The first-order valence-electron chi connectivity index (χ1n) is 6.61. The van der Waals surface area contributed by atoms with E-state index >= 15 is 0 Å². The van der Waals surface area contributed by atoms with E-state index in [1.165, 1.54) is 11.3 Å².